The number of hydrogen-bond donors (Lipinski definition) is 3. The Bertz CT molecular complexity index is 488. The highest BCUT2D eigenvalue weighted by molar-refractivity contribution is 5.98. The zero-order valence-electron chi connectivity index (χ0n) is 15.1. The van der Waals surface area contributed by atoms with Gasteiger partial charge in [-0.2, -0.15) is 0 Å². The largest absolute Gasteiger partial charge is 0.481 e. The van der Waals surface area contributed by atoms with Crippen LogP contribution in [0.2, 0.25) is 0 Å². The first-order chi connectivity index (χ1) is 10.8. The van der Waals surface area contributed by atoms with Crippen molar-refractivity contribution in [2.45, 2.75) is 65.6 Å². The van der Waals surface area contributed by atoms with Crippen LogP contribution in [-0.2, 0) is 14.3 Å². The predicted octanol–water partition coefficient (Wildman–Crippen LogP) is 2.26. The molecule has 0 aliphatic carbocycles. The van der Waals surface area contributed by atoms with Crippen molar-refractivity contribution < 1.29 is 29.0 Å². The minimum Gasteiger partial charge on any atom is -0.481 e. The van der Waals surface area contributed by atoms with Gasteiger partial charge >= 0.3 is 18.2 Å². The third kappa shape index (κ3) is 13.4. The summed E-state index contributed by atoms with van der Waals surface area (Å²) in [5.41, 5.74) is -1.45. The monoisotopic (exact) mass is 345 g/mol. The van der Waals surface area contributed by atoms with Gasteiger partial charge in [-0.3, -0.25) is 10.1 Å². The zero-order chi connectivity index (χ0) is 19.0. The lowest BCUT2D eigenvalue weighted by molar-refractivity contribution is -0.137. The van der Waals surface area contributed by atoms with Gasteiger partial charge in [0.15, 0.2) is 0 Å². The second kappa shape index (κ2) is 9.09. The summed E-state index contributed by atoms with van der Waals surface area (Å²) in [5, 5.41) is 13.6. The summed E-state index contributed by atoms with van der Waals surface area (Å²) in [4.78, 5) is 37.6. The second-order valence-electron chi connectivity index (χ2n) is 6.99. The number of ether oxygens (including phenoxy) is 2. The van der Waals surface area contributed by atoms with Crippen molar-refractivity contribution in [2.75, 3.05) is 6.54 Å². The molecule has 0 saturated carbocycles. The van der Waals surface area contributed by atoms with E-state index in [2.05, 4.69) is 15.6 Å². The van der Waals surface area contributed by atoms with Gasteiger partial charge in [0, 0.05) is 13.0 Å². The Balaban J connectivity index is 4.84. The third-order valence-corrected chi connectivity index (χ3v) is 2.08. The maximum absolute atomic E-state index is 11.8. The molecule has 3 N–H and O–H groups in total. The van der Waals surface area contributed by atoms with E-state index in [1.54, 1.807) is 41.5 Å². The topological polar surface area (TPSA) is 126 Å². The van der Waals surface area contributed by atoms with E-state index in [0.717, 1.165) is 0 Å². The summed E-state index contributed by atoms with van der Waals surface area (Å²) in [6.45, 7) is 10.3. The van der Waals surface area contributed by atoms with Gasteiger partial charge in [-0.1, -0.05) is 0 Å². The average Bonchev–Trinajstić information content (AvgIpc) is 2.28. The van der Waals surface area contributed by atoms with Crippen LogP contribution >= 0.6 is 0 Å². The molecule has 0 unspecified atom stereocenters. The van der Waals surface area contributed by atoms with E-state index in [-0.39, 0.29) is 18.9 Å². The van der Waals surface area contributed by atoms with E-state index in [1.165, 1.54) is 0 Å². The number of hydrogen-bond acceptors (Lipinski definition) is 5. The van der Waals surface area contributed by atoms with Crippen molar-refractivity contribution in [3.63, 3.8) is 0 Å². The molecule has 9 nitrogen and oxygen atoms in total. The number of aliphatic carboxylic acids is 1. The fourth-order valence-electron chi connectivity index (χ4n) is 1.33. The van der Waals surface area contributed by atoms with E-state index in [9.17, 15) is 14.4 Å². The van der Waals surface area contributed by atoms with E-state index >= 15 is 0 Å². The van der Waals surface area contributed by atoms with Crippen LogP contribution in [0.25, 0.3) is 0 Å². The summed E-state index contributed by atoms with van der Waals surface area (Å²) in [7, 11) is 0. The number of carbonyl (C=O) groups excluding carboxylic acids is 2. The van der Waals surface area contributed by atoms with Crippen LogP contribution in [0, 0.1) is 0 Å². The highest BCUT2D eigenvalue weighted by Gasteiger charge is 2.20. The highest BCUT2D eigenvalue weighted by Crippen LogP contribution is 2.08. The van der Waals surface area contributed by atoms with E-state index in [0.29, 0.717) is 6.42 Å². The lowest BCUT2D eigenvalue weighted by Crippen LogP contribution is -2.44. The molecule has 0 spiro atoms. The van der Waals surface area contributed by atoms with E-state index in [4.69, 9.17) is 14.6 Å². The molecule has 2 amide bonds. The zero-order valence-corrected chi connectivity index (χ0v) is 15.1. The van der Waals surface area contributed by atoms with Crippen molar-refractivity contribution in [3.05, 3.63) is 0 Å². The molecule has 0 aromatic heterocycles. The fraction of sp³-hybridized carbons (Fsp3) is 0.733. The Morgan fingerprint density at radius 3 is 2.00 bits per heavy atom. The molecule has 9 heteroatoms. The number of nitrogens with zero attached hydrogens (tertiary/aromatic N) is 1. The van der Waals surface area contributed by atoms with Crippen LogP contribution in [0.3, 0.4) is 0 Å². The van der Waals surface area contributed by atoms with E-state index in [1.807, 2.05) is 0 Å². The van der Waals surface area contributed by atoms with Gasteiger partial charge in [-0.15, -0.1) is 4.99 Å². The number of rotatable bonds is 4. The van der Waals surface area contributed by atoms with Gasteiger partial charge in [-0.05, 0) is 48.0 Å². The van der Waals surface area contributed by atoms with Crippen molar-refractivity contribution in [2.24, 2.45) is 4.99 Å². The number of carboxylic acids is 1. The molecule has 24 heavy (non-hydrogen) atoms. The first kappa shape index (κ1) is 21.7. The lowest BCUT2D eigenvalue weighted by Gasteiger charge is -2.21. The van der Waals surface area contributed by atoms with Gasteiger partial charge in [0.05, 0.1) is 0 Å². The molecule has 0 saturated heterocycles. The fourth-order valence-corrected chi connectivity index (χ4v) is 1.33. The van der Waals surface area contributed by atoms with Crippen molar-refractivity contribution in [3.8, 4) is 0 Å². The lowest BCUT2D eigenvalue weighted by atomic mass is 10.2. The molecule has 0 aliphatic rings. The predicted molar refractivity (Wildman–Crippen MR) is 87.9 cm³/mol. The number of carbonyl (C=O) groups is 3. The quantitative estimate of drug-likeness (QED) is 0.405. The molecule has 0 atom stereocenters. The molecule has 0 fully saturated rings. The Kier molecular flexibility index (Phi) is 8.21. The number of guanidine groups is 1. The van der Waals surface area contributed by atoms with Crippen LogP contribution in [0.5, 0.6) is 0 Å². The number of amides is 2. The summed E-state index contributed by atoms with van der Waals surface area (Å²) in [6, 6.07) is 0. The first-order valence-corrected chi connectivity index (χ1v) is 7.56. The molecule has 0 bridgehead atoms. The Morgan fingerprint density at radius 2 is 1.54 bits per heavy atom. The standard InChI is InChI=1S/C15H27N3O6/c1-14(2,3)23-12(21)17-11(16-9-7-8-10(19)20)18-13(22)24-15(4,5)6/h7-9H2,1-6H3,(H,19,20)(H2,16,17,18,21,22). The number of carboxylic acid groups (broad SMARTS) is 1. The van der Waals surface area contributed by atoms with Crippen LogP contribution < -0.4 is 10.6 Å². The molecule has 138 valence electrons. The van der Waals surface area contributed by atoms with Crippen LogP contribution in [0.1, 0.15) is 54.4 Å². The van der Waals surface area contributed by atoms with Gasteiger partial charge < -0.3 is 19.9 Å². The Hall–Kier alpha value is -2.32. The van der Waals surface area contributed by atoms with Crippen molar-refractivity contribution in [1.29, 1.82) is 0 Å². The molecule has 0 aromatic rings. The summed E-state index contributed by atoms with van der Waals surface area (Å²) in [5.74, 6) is -1.11. The minimum absolute atomic E-state index is 0.0564. The Labute approximate surface area is 141 Å². The number of aliphatic imine (C=N–C) groups is 1. The smallest absolute Gasteiger partial charge is 0.437 e. The molecule has 0 aliphatic heterocycles. The molecular weight excluding hydrogens is 318 g/mol. The normalized spacial score (nSPS) is 12.3. The maximum atomic E-state index is 11.8. The van der Waals surface area contributed by atoms with Crippen LogP contribution in [0.15, 0.2) is 4.99 Å². The van der Waals surface area contributed by atoms with Crippen LogP contribution in [-0.4, -0.2) is 47.0 Å². The summed E-state index contributed by atoms with van der Waals surface area (Å²) >= 11 is 0. The Morgan fingerprint density at radius 1 is 1.00 bits per heavy atom. The molecule has 0 aromatic carbocycles. The molecule has 0 heterocycles. The highest BCUT2D eigenvalue weighted by atomic mass is 16.6. The SMILES string of the molecule is CC(C)(C)OC(=O)N=C(NCCCC(=O)O)NC(=O)OC(C)(C)C. The minimum atomic E-state index is -0.942. The first-order valence-electron chi connectivity index (χ1n) is 7.56. The van der Waals surface area contributed by atoms with Gasteiger partial charge in [0.1, 0.15) is 11.2 Å². The summed E-state index contributed by atoms with van der Waals surface area (Å²) in [6.07, 6.45) is -1.45. The number of nitrogens with one attached hydrogen (secondary N) is 2. The summed E-state index contributed by atoms with van der Waals surface area (Å²) < 4.78 is 10.1. The van der Waals surface area contributed by atoms with Crippen molar-refractivity contribution in [1.82, 2.24) is 10.6 Å². The second-order valence-corrected chi connectivity index (χ2v) is 6.99. The molecule has 0 rings (SSSR count). The van der Waals surface area contributed by atoms with Crippen molar-refractivity contribution >= 4 is 24.1 Å². The molecule has 0 radical (unpaired) electrons. The third-order valence-electron chi connectivity index (χ3n) is 2.08. The van der Waals surface area contributed by atoms with E-state index < -0.39 is 29.4 Å². The van der Waals surface area contributed by atoms with Crippen LogP contribution in [0.4, 0.5) is 9.59 Å². The maximum Gasteiger partial charge on any atom is 0.437 e. The number of alkyl carbamates (subject to hydrolysis) is 1. The van der Waals surface area contributed by atoms with Gasteiger partial charge in [0.2, 0.25) is 5.96 Å². The van der Waals surface area contributed by atoms with Gasteiger partial charge in [-0.25, -0.2) is 9.59 Å². The van der Waals surface area contributed by atoms with Gasteiger partial charge in [0.25, 0.3) is 0 Å². The average molecular weight is 345 g/mol. The molecular formula is C15H27N3O6.